The molecule has 3 rings (SSSR count). The predicted octanol–water partition coefficient (Wildman–Crippen LogP) is 5.00. The Hall–Kier alpha value is 0.440. The number of hydrogen-bond donors (Lipinski definition) is 0. The molecule has 1 saturated carbocycles. The molecule has 2 heteroatoms. The Morgan fingerprint density at radius 3 is 1.80 bits per heavy atom. The predicted molar refractivity (Wildman–Crippen MR) is 71.1 cm³/mol. The van der Waals surface area contributed by atoms with E-state index < -0.39 is 0 Å². The first-order chi connectivity index (χ1) is 7.24. The monoisotopic (exact) mass is 330 g/mol. The second-order valence-corrected chi connectivity index (χ2v) is 7.23. The van der Waals surface area contributed by atoms with E-state index in [2.05, 4.69) is 44.0 Å². The molecular weight excluding hydrogens is 316 g/mol. The first-order valence-corrected chi connectivity index (χ1v) is 7.55. The minimum atomic E-state index is 0.859. The topological polar surface area (TPSA) is 0 Å². The molecule has 0 amide bonds. The van der Waals surface area contributed by atoms with Crippen molar-refractivity contribution in [2.24, 2.45) is 23.7 Å². The summed E-state index contributed by atoms with van der Waals surface area (Å²) in [6, 6.07) is 0. The first kappa shape index (κ1) is 10.6. The zero-order chi connectivity index (χ0) is 10.4. The maximum absolute atomic E-state index is 3.67. The van der Waals surface area contributed by atoms with Gasteiger partial charge in [-0.05, 0) is 64.7 Å². The Bertz CT molecular complexity index is 297. The minimum absolute atomic E-state index is 0.859. The summed E-state index contributed by atoms with van der Waals surface area (Å²) in [5.74, 6) is 3.68. The molecule has 0 aromatic carbocycles. The average molecular weight is 332 g/mol. The summed E-state index contributed by atoms with van der Waals surface area (Å²) < 4.78 is 2.90. The van der Waals surface area contributed by atoms with Gasteiger partial charge in [-0.2, -0.15) is 0 Å². The molecule has 3 aliphatic rings. The molecule has 0 nitrogen and oxygen atoms in total. The van der Waals surface area contributed by atoms with Gasteiger partial charge >= 0.3 is 0 Å². The molecule has 0 aliphatic heterocycles. The van der Waals surface area contributed by atoms with Crippen LogP contribution in [0.3, 0.4) is 0 Å². The SMILES string of the molecule is BrC1=CC2CC3C=C(Br)CCC3C2CC1. The highest BCUT2D eigenvalue weighted by molar-refractivity contribution is 9.12. The minimum Gasteiger partial charge on any atom is -0.0709 e. The van der Waals surface area contributed by atoms with Crippen LogP contribution in [-0.2, 0) is 0 Å². The van der Waals surface area contributed by atoms with Crippen LogP contribution in [0.15, 0.2) is 21.1 Å². The maximum Gasteiger partial charge on any atom is -0.00862 e. The summed E-state index contributed by atoms with van der Waals surface area (Å²) in [6.07, 6.45) is 11.7. The molecule has 4 atom stereocenters. The summed E-state index contributed by atoms with van der Waals surface area (Å²) in [5, 5.41) is 0. The van der Waals surface area contributed by atoms with Crippen LogP contribution in [0.1, 0.15) is 32.1 Å². The Labute approximate surface area is 108 Å². The molecule has 0 heterocycles. The van der Waals surface area contributed by atoms with Gasteiger partial charge in [-0.3, -0.25) is 0 Å². The van der Waals surface area contributed by atoms with Gasteiger partial charge in [0.1, 0.15) is 0 Å². The lowest BCUT2D eigenvalue weighted by atomic mass is 9.77. The van der Waals surface area contributed by atoms with Crippen LogP contribution in [0.2, 0.25) is 0 Å². The lowest BCUT2D eigenvalue weighted by Crippen LogP contribution is -2.20. The number of hydrogen-bond acceptors (Lipinski definition) is 0. The van der Waals surface area contributed by atoms with Gasteiger partial charge in [0.2, 0.25) is 0 Å². The zero-order valence-corrected chi connectivity index (χ0v) is 11.9. The second kappa shape index (κ2) is 4.03. The molecule has 15 heavy (non-hydrogen) atoms. The fourth-order valence-corrected chi connectivity index (χ4v) is 4.92. The van der Waals surface area contributed by atoms with Gasteiger partial charge in [0, 0.05) is 0 Å². The molecule has 0 N–H and O–H groups in total. The van der Waals surface area contributed by atoms with Crippen molar-refractivity contribution in [1.29, 1.82) is 0 Å². The molecule has 3 aliphatic carbocycles. The fourth-order valence-electron chi connectivity index (χ4n) is 3.78. The molecule has 0 saturated heterocycles. The van der Waals surface area contributed by atoms with Gasteiger partial charge in [0.15, 0.2) is 0 Å². The highest BCUT2D eigenvalue weighted by Gasteiger charge is 2.43. The van der Waals surface area contributed by atoms with E-state index in [4.69, 9.17) is 0 Å². The number of allylic oxidation sites excluding steroid dienone is 4. The zero-order valence-electron chi connectivity index (χ0n) is 8.76. The van der Waals surface area contributed by atoms with E-state index >= 15 is 0 Å². The van der Waals surface area contributed by atoms with Crippen LogP contribution >= 0.6 is 31.9 Å². The molecule has 1 fully saturated rings. The lowest BCUT2D eigenvalue weighted by Gasteiger charge is -2.30. The summed E-state index contributed by atoms with van der Waals surface area (Å²) >= 11 is 7.34. The molecule has 0 aromatic rings. The van der Waals surface area contributed by atoms with Crippen LogP contribution in [-0.4, -0.2) is 0 Å². The number of halogens is 2. The lowest BCUT2D eigenvalue weighted by molar-refractivity contribution is 0.275. The van der Waals surface area contributed by atoms with E-state index in [9.17, 15) is 0 Å². The normalized spacial score (nSPS) is 44.1. The fraction of sp³-hybridized carbons (Fsp3) is 0.692. The van der Waals surface area contributed by atoms with Gasteiger partial charge in [-0.25, -0.2) is 0 Å². The van der Waals surface area contributed by atoms with Crippen molar-refractivity contribution in [2.45, 2.75) is 32.1 Å². The van der Waals surface area contributed by atoms with Crippen LogP contribution in [0.25, 0.3) is 0 Å². The first-order valence-electron chi connectivity index (χ1n) is 5.96. The van der Waals surface area contributed by atoms with E-state index in [1.807, 2.05) is 0 Å². The third kappa shape index (κ3) is 1.88. The molecule has 82 valence electrons. The van der Waals surface area contributed by atoms with E-state index in [1.54, 1.807) is 0 Å². The van der Waals surface area contributed by atoms with Gasteiger partial charge in [0.05, 0.1) is 0 Å². The van der Waals surface area contributed by atoms with Crippen molar-refractivity contribution in [3.63, 3.8) is 0 Å². The van der Waals surface area contributed by atoms with Gasteiger partial charge < -0.3 is 0 Å². The van der Waals surface area contributed by atoms with Crippen LogP contribution < -0.4 is 0 Å². The van der Waals surface area contributed by atoms with E-state index in [0.29, 0.717) is 0 Å². The molecule has 0 bridgehead atoms. The second-order valence-electron chi connectivity index (χ2n) is 5.20. The van der Waals surface area contributed by atoms with Crippen LogP contribution in [0.5, 0.6) is 0 Å². The Morgan fingerprint density at radius 1 is 0.867 bits per heavy atom. The standard InChI is InChI=1S/C13H16Br2/c14-10-1-3-12-8(6-10)5-9-7-11(15)2-4-13(9)12/h6-9,12-13H,1-5H2. The number of fused-ring (bicyclic) bond motifs is 3. The Balaban J connectivity index is 1.86. The van der Waals surface area contributed by atoms with E-state index in [1.165, 1.54) is 41.1 Å². The van der Waals surface area contributed by atoms with Gasteiger partial charge in [-0.15, -0.1) is 0 Å². The van der Waals surface area contributed by atoms with Crippen molar-refractivity contribution in [2.75, 3.05) is 0 Å². The summed E-state index contributed by atoms with van der Waals surface area (Å²) in [4.78, 5) is 0. The van der Waals surface area contributed by atoms with Gasteiger partial charge in [0.25, 0.3) is 0 Å². The smallest absolute Gasteiger partial charge is 0.00862 e. The molecular formula is C13H16Br2. The Kier molecular flexibility index (Phi) is 2.84. The highest BCUT2D eigenvalue weighted by atomic mass is 79.9. The highest BCUT2D eigenvalue weighted by Crippen LogP contribution is 2.53. The van der Waals surface area contributed by atoms with Crippen molar-refractivity contribution >= 4 is 31.9 Å². The van der Waals surface area contributed by atoms with Crippen molar-refractivity contribution < 1.29 is 0 Å². The molecule has 0 radical (unpaired) electrons. The van der Waals surface area contributed by atoms with E-state index in [-0.39, 0.29) is 0 Å². The maximum atomic E-state index is 3.67. The molecule has 0 spiro atoms. The largest absolute Gasteiger partial charge is 0.0709 e. The average Bonchev–Trinajstić information content (AvgIpc) is 2.53. The summed E-state index contributed by atoms with van der Waals surface area (Å²) in [6.45, 7) is 0. The van der Waals surface area contributed by atoms with Crippen molar-refractivity contribution in [3.05, 3.63) is 21.1 Å². The summed E-state index contributed by atoms with van der Waals surface area (Å²) in [7, 11) is 0. The molecule has 0 aromatic heterocycles. The molecule has 4 unspecified atom stereocenters. The van der Waals surface area contributed by atoms with Crippen molar-refractivity contribution in [3.8, 4) is 0 Å². The van der Waals surface area contributed by atoms with Crippen LogP contribution in [0, 0.1) is 23.7 Å². The van der Waals surface area contributed by atoms with Gasteiger partial charge in [-0.1, -0.05) is 44.0 Å². The summed E-state index contributed by atoms with van der Waals surface area (Å²) in [5.41, 5.74) is 0. The van der Waals surface area contributed by atoms with E-state index in [0.717, 1.165) is 23.7 Å². The third-order valence-electron chi connectivity index (χ3n) is 4.42. The van der Waals surface area contributed by atoms with Crippen molar-refractivity contribution in [1.82, 2.24) is 0 Å². The quantitative estimate of drug-likeness (QED) is 0.586. The third-order valence-corrected chi connectivity index (χ3v) is 5.74. The Morgan fingerprint density at radius 2 is 1.33 bits per heavy atom. The number of rotatable bonds is 0. The van der Waals surface area contributed by atoms with Crippen LogP contribution in [0.4, 0.5) is 0 Å².